The van der Waals surface area contributed by atoms with Crippen LogP contribution < -0.4 is 25.0 Å². The number of ether oxygens (including phenoxy) is 2. The van der Waals surface area contributed by atoms with E-state index in [1.807, 2.05) is 18.3 Å². The molecule has 0 spiro atoms. The number of piperidine rings is 1. The number of fused-ring (bicyclic) bond motifs is 3. The average molecular weight is 440 g/mol. The smallest absolute Gasteiger partial charge is 0.154 e. The van der Waals surface area contributed by atoms with Crippen LogP contribution in [0.2, 0.25) is 0 Å². The van der Waals surface area contributed by atoms with Gasteiger partial charge in [-0.15, -0.1) is 0 Å². The largest absolute Gasteiger partial charge is 0.495 e. The molecule has 3 aliphatic rings. The summed E-state index contributed by atoms with van der Waals surface area (Å²) in [7, 11) is 1.73. The van der Waals surface area contributed by atoms with Gasteiger partial charge >= 0.3 is 0 Å². The average Bonchev–Trinajstić information content (AvgIpc) is 3.26. The van der Waals surface area contributed by atoms with Crippen molar-refractivity contribution < 1.29 is 14.3 Å². The Morgan fingerprint density at radius 1 is 1.12 bits per heavy atom. The Kier molecular flexibility index (Phi) is 6.34. The summed E-state index contributed by atoms with van der Waals surface area (Å²) in [5, 5.41) is 6.83. The predicted molar refractivity (Wildman–Crippen MR) is 123 cm³/mol. The summed E-state index contributed by atoms with van der Waals surface area (Å²) in [6, 6.07) is 10.2. The molecular formula is C24H33N5O3. The molecule has 0 saturated carbocycles. The van der Waals surface area contributed by atoms with Crippen molar-refractivity contribution >= 4 is 11.5 Å². The van der Waals surface area contributed by atoms with E-state index in [2.05, 4.69) is 43.2 Å². The fraction of sp³-hybridized carbons (Fsp3) is 0.542. The molecule has 2 unspecified atom stereocenters. The number of nitrogens with one attached hydrogen (secondary N) is 2. The lowest BCUT2D eigenvalue weighted by Crippen LogP contribution is -2.56. The van der Waals surface area contributed by atoms with Crippen LogP contribution in [-0.2, 0) is 11.3 Å². The van der Waals surface area contributed by atoms with Crippen molar-refractivity contribution in [2.45, 2.75) is 31.6 Å². The van der Waals surface area contributed by atoms with E-state index in [0.717, 1.165) is 62.9 Å². The zero-order valence-electron chi connectivity index (χ0n) is 18.8. The number of anilines is 1. The SMILES string of the molecule is COc1ccccc1N1CCN(CCCOc2cc3n(c2)C2NCCC(=O)C2NC3)CC1. The quantitative estimate of drug-likeness (QED) is 0.636. The number of para-hydroxylation sites is 2. The maximum Gasteiger partial charge on any atom is 0.154 e. The van der Waals surface area contributed by atoms with Gasteiger partial charge in [0, 0.05) is 70.2 Å². The van der Waals surface area contributed by atoms with E-state index in [1.54, 1.807) is 7.11 Å². The van der Waals surface area contributed by atoms with E-state index in [0.29, 0.717) is 25.4 Å². The van der Waals surface area contributed by atoms with Gasteiger partial charge in [-0.25, -0.2) is 0 Å². The second-order valence-electron chi connectivity index (χ2n) is 8.75. The fourth-order valence-electron chi connectivity index (χ4n) is 5.05. The fourth-order valence-corrected chi connectivity index (χ4v) is 5.05. The number of carbonyl (C=O) groups excluding carboxylic acids is 1. The first kappa shape index (κ1) is 21.3. The second kappa shape index (κ2) is 9.52. The van der Waals surface area contributed by atoms with Gasteiger partial charge < -0.3 is 18.9 Å². The maximum atomic E-state index is 12.2. The first-order valence-corrected chi connectivity index (χ1v) is 11.7. The molecule has 2 N–H and O–H groups in total. The molecule has 1 aromatic heterocycles. The number of rotatable bonds is 7. The molecule has 2 atom stereocenters. The van der Waals surface area contributed by atoms with Crippen molar-refractivity contribution in [3.8, 4) is 11.5 Å². The molecule has 1 aromatic carbocycles. The van der Waals surface area contributed by atoms with Gasteiger partial charge in [0.1, 0.15) is 23.7 Å². The molecule has 2 saturated heterocycles. The molecule has 3 aliphatic heterocycles. The number of hydrogen-bond acceptors (Lipinski definition) is 7. The van der Waals surface area contributed by atoms with Crippen LogP contribution in [0.4, 0.5) is 5.69 Å². The van der Waals surface area contributed by atoms with Crippen LogP contribution in [0.15, 0.2) is 36.5 Å². The number of benzene rings is 1. The third kappa shape index (κ3) is 4.35. The van der Waals surface area contributed by atoms with Crippen molar-refractivity contribution in [1.29, 1.82) is 0 Å². The van der Waals surface area contributed by atoms with Crippen molar-refractivity contribution in [3.05, 3.63) is 42.2 Å². The number of carbonyl (C=O) groups is 1. The van der Waals surface area contributed by atoms with Gasteiger partial charge in [0.2, 0.25) is 0 Å². The van der Waals surface area contributed by atoms with Crippen LogP contribution in [0.25, 0.3) is 0 Å². The number of nitrogens with zero attached hydrogens (tertiary/aromatic N) is 3. The van der Waals surface area contributed by atoms with Crippen LogP contribution >= 0.6 is 0 Å². The van der Waals surface area contributed by atoms with Gasteiger partial charge in [0.05, 0.1) is 19.4 Å². The summed E-state index contributed by atoms with van der Waals surface area (Å²) in [5.74, 6) is 2.13. The molecule has 4 heterocycles. The summed E-state index contributed by atoms with van der Waals surface area (Å²) in [6.07, 6.45) is 3.64. The van der Waals surface area contributed by atoms with Crippen LogP contribution in [0.3, 0.4) is 0 Å². The Morgan fingerprint density at radius 3 is 2.81 bits per heavy atom. The van der Waals surface area contributed by atoms with Crippen LogP contribution in [0, 0.1) is 0 Å². The molecule has 0 aliphatic carbocycles. The van der Waals surface area contributed by atoms with E-state index in [-0.39, 0.29) is 12.2 Å². The first-order valence-electron chi connectivity index (χ1n) is 11.7. The van der Waals surface area contributed by atoms with Gasteiger partial charge in [0.15, 0.2) is 5.78 Å². The van der Waals surface area contributed by atoms with E-state index < -0.39 is 0 Å². The number of methoxy groups -OCH3 is 1. The molecule has 8 nitrogen and oxygen atoms in total. The molecule has 32 heavy (non-hydrogen) atoms. The first-order chi connectivity index (χ1) is 15.7. The predicted octanol–water partition coefficient (Wildman–Crippen LogP) is 1.62. The Bertz CT molecular complexity index is 937. The lowest BCUT2D eigenvalue weighted by atomic mass is 10.0. The summed E-state index contributed by atoms with van der Waals surface area (Å²) in [5.41, 5.74) is 2.34. The van der Waals surface area contributed by atoms with Gasteiger partial charge in [-0.3, -0.25) is 20.3 Å². The second-order valence-corrected chi connectivity index (χ2v) is 8.75. The van der Waals surface area contributed by atoms with Gasteiger partial charge in [0.25, 0.3) is 0 Å². The minimum absolute atomic E-state index is 0.00288. The standard InChI is InChI=1S/C24H33N5O3/c1-31-22-6-3-2-5-20(22)28-12-10-27(11-13-28)9-4-14-32-19-15-18-16-26-23-21(30)7-8-25-24(23)29(18)17-19/h2-3,5-6,15,17,23-26H,4,7-14,16H2,1H3. The topological polar surface area (TPSA) is 71.0 Å². The molecular weight excluding hydrogens is 406 g/mol. The summed E-state index contributed by atoms with van der Waals surface area (Å²) in [6.45, 7) is 7.29. The van der Waals surface area contributed by atoms with E-state index >= 15 is 0 Å². The maximum absolute atomic E-state index is 12.2. The molecule has 8 heteroatoms. The lowest BCUT2D eigenvalue weighted by Gasteiger charge is -2.37. The summed E-state index contributed by atoms with van der Waals surface area (Å²) in [4.78, 5) is 17.1. The number of hydrogen-bond donors (Lipinski definition) is 2. The third-order valence-corrected chi connectivity index (χ3v) is 6.78. The molecule has 5 rings (SSSR count). The van der Waals surface area contributed by atoms with Crippen LogP contribution in [-0.4, -0.2) is 74.3 Å². The van der Waals surface area contributed by atoms with E-state index in [1.165, 1.54) is 5.69 Å². The lowest BCUT2D eigenvalue weighted by molar-refractivity contribution is -0.124. The van der Waals surface area contributed by atoms with Crippen molar-refractivity contribution in [2.75, 3.05) is 57.9 Å². The summed E-state index contributed by atoms with van der Waals surface area (Å²) < 4.78 is 13.7. The van der Waals surface area contributed by atoms with Crippen LogP contribution in [0.1, 0.15) is 24.7 Å². The highest BCUT2D eigenvalue weighted by Gasteiger charge is 2.36. The van der Waals surface area contributed by atoms with Crippen molar-refractivity contribution in [1.82, 2.24) is 20.1 Å². The van der Waals surface area contributed by atoms with E-state index in [9.17, 15) is 4.79 Å². The molecule has 172 valence electrons. The normalized spacial score (nSPS) is 23.5. The molecule has 2 aromatic rings. The van der Waals surface area contributed by atoms with Crippen molar-refractivity contribution in [3.63, 3.8) is 0 Å². The number of piperazine rings is 1. The zero-order chi connectivity index (χ0) is 21.9. The molecule has 0 bridgehead atoms. The summed E-state index contributed by atoms with van der Waals surface area (Å²) >= 11 is 0. The monoisotopic (exact) mass is 439 g/mol. The van der Waals surface area contributed by atoms with Gasteiger partial charge in [-0.2, -0.15) is 0 Å². The molecule has 2 fully saturated rings. The Labute approximate surface area is 189 Å². The Morgan fingerprint density at radius 2 is 1.97 bits per heavy atom. The molecule has 0 radical (unpaired) electrons. The zero-order valence-corrected chi connectivity index (χ0v) is 18.8. The third-order valence-electron chi connectivity index (χ3n) is 6.78. The number of aromatic nitrogens is 1. The Balaban J connectivity index is 1.07. The van der Waals surface area contributed by atoms with Gasteiger partial charge in [-0.1, -0.05) is 12.1 Å². The highest BCUT2D eigenvalue weighted by molar-refractivity contribution is 5.85. The van der Waals surface area contributed by atoms with Gasteiger partial charge in [-0.05, 0) is 18.6 Å². The highest BCUT2D eigenvalue weighted by Crippen LogP contribution is 2.29. The number of Topliss-reactive ketones (excluding diaryl/α,β-unsaturated/α-hetero) is 1. The molecule has 0 amide bonds. The minimum Gasteiger partial charge on any atom is -0.495 e. The Hall–Kier alpha value is -2.55. The highest BCUT2D eigenvalue weighted by atomic mass is 16.5. The number of ketones is 1. The van der Waals surface area contributed by atoms with Crippen LogP contribution in [0.5, 0.6) is 11.5 Å². The van der Waals surface area contributed by atoms with E-state index in [4.69, 9.17) is 9.47 Å². The van der Waals surface area contributed by atoms with Crippen molar-refractivity contribution in [2.24, 2.45) is 0 Å². The minimum atomic E-state index is -0.133.